The molecule has 7 heteroatoms. The Morgan fingerprint density at radius 1 is 1.33 bits per heavy atom. The van der Waals surface area contributed by atoms with E-state index in [1.165, 1.54) is 5.56 Å². The third-order valence-electron chi connectivity index (χ3n) is 5.30. The number of nitrogens with zero attached hydrogens (tertiary/aromatic N) is 3. The lowest BCUT2D eigenvalue weighted by molar-refractivity contribution is -0.139. The average Bonchev–Trinajstić information content (AvgIpc) is 3.08. The van der Waals surface area contributed by atoms with Gasteiger partial charge in [0.05, 0.1) is 6.42 Å². The van der Waals surface area contributed by atoms with Gasteiger partial charge in [0.1, 0.15) is 5.82 Å². The van der Waals surface area contributed by atoms with Crippen molar-refractivity contribution in [1.29, 1.82) is 0 Å². The largest absolute Gasteiger partial charge is 0.481 e. The quantitative estimate of drug-likeness (QED) is 0.695. The van der Waals surface area contributed by atoms with Crippen molar-refractivity contribution >= 4 is 11.8 Å². The van der Waals surface area contributed by atoms with Crippen molar-refractivity contribution in [3.8, 4) is 0 Å². The highest BCUT2D eigenvalue weighted by atomic mass is 16.5. The monoisotopic (exact) mass is 372 g/mol. The Kier molecular flexibility index (Phi) is 6.08. The molecule has 1 aliphatic heterocycles. The van der Waals surface area contributed by atoms with Crippen molar-refractivity contribution in [3.63, 3.8) is 0 Å². The summed E-state index contributed by atoms with van der Waals surface area (Å²) in [5.74, 6) is 1.42. The molecule has 2 aromatic rings. The molecule has 1 atom stereocenters. The van der Waals surface area contributed by atoms with Gasteiger partial charge in [0.15, 0.2) is 5.82 Å². The Hall–Kier alpha value is -2.44. The zero-order valence-electron chi connectivity index (χ0n) is 16.1. The smallest absolute Gasteiger partial charge is 0.303 e. The second-order valence-electron chi connectivity index (χ2n) is 7.71. The maximum atomic E-state index is 11.1. The van der Waals surface area contributed by atoms with Crippen LogP contribution in [0.2, 0.25) is 0 Å². The molecule has 3 heterocycles. The Morgan fingerprint density at radius 2 is 2.19 bits per heavy atom. The predicted molar refractivity (Wildman–Crippen MR) is 102 cm³/mol. The van der Waals surface area contributed by atoms with E-state index in [9.17, 15) is 4.79 Å². The van der Waals surface area contributed by atoms with E-state index in [0.717, 1.165) is 56.6 Å². The van der Waals surface area contributed by atoms with Crippen molar-refractivity contribution in [2.45, 2.75) is 65.2 Å². The van der Waals surface area contributed by atoms with Crippen LogP contribution in [-0.4, -0.2) is 32.7 Å². The van der Waals surface area contributed by atoms with Gasteiger partial charge >= 0.3 is 5.97 Å². The van der Waals surface area contributed by atoms with Crippen LogP contribution in [0.25, 0.3) is 0 Å². The first-order valence-corrected chi connectivity index (χ1v) is 9.73. The van der Waals surface area contributed by atoms with Crippen LogP contribution in [-0.2, 0) is 30.5 Å². The standard InChI is InChI=1S/C20H28N4O3/c1-3-20(2,13-18(25)26)12-17-23-16(24-27-17)8-4-7-15-10-9-14-6-5-11-21-19(14)22-15/h9-10H,3-8,11-13H2,1-2H3,(H,21,22)(H,25,26). The van der Waals surface area contributed by atoms with Crippen LogP contribution >= 0.6 is 0 Å². The summed E-state index contributed by atoms with van der Waals surface area (Å²) in [4.78, 5) is 20.2. The molecule has 0 bridgehead atoms. The Bertz CT molecular complexity index is 789. The van der Waals surface area contributed by atoms with Crippen LogP contribution < -0.4 is 5.32 Å². The van der Waals surface area contributed by atoms with E-state index in [0.29, 0.717) is 18.1 Å². The predicted octanol–water partition coefficient (Wildman–Crippen LogP) is 3.43. The first kappa shape index (κ1) is 19.3. The minimum absolute atomic E-state index is 0.0965. The average molecular weight is 372 g/mol. The molecule has 27 heavy (non-hydrogen) atoms. The van der Waals surface area contributed by atoms with E-state index in [1.807, 2.05) is 13.8 Å². The van der Waals surface area contributed by atoms with Gasteiger partial charge in [0, 0.05) is 25.1 Å². The van der Waals surface area contributed by atoms with E-state index in [4.69, 9.17) is 14.6 Å². The SMILES string of the molecule is CCC(C)(CC(=O)O)Cc1nc(CCCc2ccc3c(n2)NCCC3)no1. The molecular formula is C20H28N4O3. The van der Waals surface area contributed by atoms with Gasteiger partial charge in [-0.25, -0.2) is 4.98 Å². The van der Waals surface area contributed by atoms with Gasteiger partial charge in [0.2, 0.25) is 5.89 Å². The van der Waals surface area contributed by atoms with Crippen LogP contribution in [0.4, 0.5) is 5.82 Å². The van der Waals surface area contributed by atoms with Crippen LogP contribution in [0, 0.1) is 5.41 Å². The summed E-state index contributed by atoms with van der Waals surface area (Å²) in [6, 6.07) is 4.27. The fourth-order valence-electron chi connectivity index (χ4n) is 3.44. The number of aryl methyl sites for hydroxylation is 3. The number of hydrogen-bond donors (Lipinski definition) is 2. The third-order valence-corrected chi connectivity index (χ3v) is 5.30. The van der Waals surface area contributed by atoms with Gasteiger partial charge in [-0.05, 0) is 49.1 Å². The van der Waals surface area contributed by atoms with Crippen molar-refractivity contribution in [3.05, 3.63) is 35.1 Å². The molecule has 0 amide bonds. The van der Waals surface area contributed by atoms with Crippen molar-refractivity contribution in [1.82, 2.24) is 15.1 Å². The van der Waals surface area contributed by atoms with Crippen LogP contribution in [0.1, 0.15) is 62.5 Å². The molecule has 2 aromatic heterocycles. The Morgan fingerprint density at radius 3 is 2.96 bits per heavy atom. The normalized spacial score (nSPS) is 15.6. The number of fused-ring (bicyclic) bond motifs is 1. The molecule has 0 saturated heterocycles. The summed E-state index contributed by atoms with van der Waals surface area (Å²) in [7, 11) is 0. The van der Waals surface area contributed by atoms with Gasteiger partial charge in [0.25, 0.3) is 0 Å². The molecule has 146 valence electrons. The molecule has 0 saturated carbocycles. The summed E-state index contributed by atoms with van der Waals surface area (Å²) in [5, 5.41) is 16.5. The number of nitrogens with one attached hydrogen (secondary N) is 1. The highest BCUT2D eigenvalue weighted by Gasteiger charge is 2.28. The molecule has 0 fully saturated rings. The second-order valence-corrected chi connectivity index (χ2v) is 7.71. The molecule has 2 N–H and O–H groups in total. The molecule has 0 radical (unpaired) electrons. The molecule has 1 unspecified atom stereocenters. The molecule has 7 nitrogen and oxygen atoms in total. The van der Waals surface area contributed by atoms with Gasteiger partial charge in [-0.15, -0.1) is 0 Å². The number of aliphatic carboxylic acids is 1. The zero-order chi connectivity index (χ0) is 19.3. The van der Waals surface area contributed by atoms with E-state index >= 15 is 0 Å². The molecule has 3 rings (SSSR count). The highest BCUT2D eigenvalue weighted by Crippen LogP contribution is 2.30. The summed E-state index contributed by atoms with van der Waals surface area (Å²) < 4.78 is 5.34. The number of rotatable bonds is 9. The lowest BCUT2D eigenvalue weighted by Gasteiger charge is -2.23. The molecular weight excluding hydrogens is 344 g/mol. The van der Waals surface area contributed by atoms with Crippen LogP contribution in [0.15, 0.2) is 16.7 Å². The maximum absolute atomic E-state index is 11.1. The molecule has 0 spiro atoms. The van der Waals surface area contributed by atoms with Crippen LogP contribution in [0.5, 0.6) is 0 Å². The first-order chi connectivity index (χ1) is 13.0. The number of pyridine rings is 1. The van der Waals surface area contributed by atoms with E-state index in [1.54, 1.807) is 0 Å². The molecule has 1 aliphatic rings. The second kappa shape index (κ2) is 8.50. The maximum Gasteiger partial charge on any atom is 0.303 e. The lowest BCUT2D eigenvalue weighted by Crippen LogP contribution is -2.23. The fourth-order valence-corrected chi connectivity index (χ4v) is 3.44. The van der Waals surface area contributed by atoms with Gasteiger partial charge < -0.3 is 14.9 Å². The summed E-state index contributed by atoms with van der Waals surface area (Å²) in [5.41, 5.74) is 2.01. The number of carboxylic acid groups (broad SMARTS) is 1. The van der Waals surface area contributed by atoms with Crippen molar-refractivity contribution in [2.75, 3.05) is 11.9 Å². The first-order valence-electron chi connectivity index (χ1n) is 9.73. The van der Waals surface area contributed by atoms with E-state index in [-0.39, 0.29) is 11.8 Å². The van der Waals surface area contributed by atoms with Gasteiger partial charge in [-0.3, -0.25) is 4.79 Å². The minimum atomic E-state index is -0.800. The van der Waals surface area contributed by atoms with Gasteiger partial charge in [-0.1, -0.05) is 25.1 Å². The lowest BCUT2D eigenvalue weighted by atomic mass is 9.81. The van der Waals surface area contributed by atoms with Crippen molar-refractivity contribution in [2.24, 2.45) is 5.41 Å². The minimum Gasteiger partial charge on any atom is -0.481 e. The Balaban J connectivity index is 1.51. The van der Waals surface area contributed by atoms with E-state index in [2.05, 4.69) is 27.6 Å². The number of hydrogen-bond acceptors (Lipinski definition) is 6. The summed E-state index contributed by atoms with van der Waals surface area (Å²) in [6.45, 7) is 4.93. The molecule has 0 aromatic carbocycles. The summed E-state index contributed by atoms with van der Waals surface area (Å²) in [6.07, 6.45) is 6.07. The topological polar surface area (TPSA) is 101 Å². The highest BCUT2D eigenvalue weighted by molar-refractivity contribution is 5.67. The fraction of sp³-hybridized carbons (Fsp3) is 0.600. The molecule has 0 aliphatic carbocycles. The van der Waals surface area contributed by atoms with E-state index < -0.39 is 5.97 Å². The third kappa shape index (κ3) is 5.28. The zero-order valence-corrected chi connectivity index (χ0v) is 16.1. The number of aromatic nitrogens is 3. The van der Waals surface area contributed by atoms with Gasteiger partial charge in [-0.2, -0.15) is 4.98 Å². The van der Waals surface area contributed by atoms with Crippen molar-refractivity contribution < 1.29 is 14.4 Å². The summed E-state index contributed by atoms with van der Waals surface area (Å²) >= 11 is 0. The number of carboxylic acids is 1. The number of carbonyl (C=O) groups is 1. The van der Waals surface area contributed by atoms with Crippen LogP contribution in [0.3, 0.4) is 0 Å². The Labute approximate surface area is 159 Å². The number of anilines is 1.